The lowest BCUT2D eigenvalue weighted by Gasteiger charge is -2.33. The van der Waals surface area contributed by atoms with Gasteiger partial charge in [-0.05, 0) is 12.0 Å². The second-order valence-electron chi connectivity index (χ2n) is 7.24. The summed E-state index contributed by atoms with van der Waals surface area (Å²) in [5.41, 5.74) is -0.738. The number of benzene rings is 1. The largest absolute Gasteiger partial charge is 0.442 e. The van der Waals surface area contributed by atoms with Crippen molar-refractivity contribution in [3.63, 3.8) is 0 Å². The van der Waals surface area contributed by atoms with Crippen molar-refractivity contribution in [3.05, 3.63) is 35.3 Å². The van der Waals surface area contributed by atoms with Crippen molar-refractivity contribution >= 4 is 29.2 Å². The molecule has 1 aromatic heterocycles. The number of fused-ring (bicyclic) bond motifs is 5. The third-order valence-corrected chi connectivity index (χ3v) is 5.59. The average molecular weight is 408 g/mol. The van der Waals surface area contributed by atoms with E-state index in [1.165, 1.54) is 18.2 Å². The molecule has 1 aromatic carbocycles. The third-order valence-electron chi connectivity index (χ3n) is 5.59. The van der Waals surface area contributed by atoms with Crippen LogP contribution in [0.1, 0.15) is 17.5 Å². The number of hydrogen-bond acceptors (Lipinski definition) is 6. The third kappa shape index (κ3) is 2.49. The minimum Gasteiger partial charge on any atom is -0.442 e. The smallest absolute Gasteiger partial charge is 0.415 e. The number of alkyl halides is 2. The molecule has 0 saturated carbocycles. The summed E-state index contributed by atoms with van der Waals surface area (Å²) in [5, 5.41) is 6.64. The number of halogens is 3. The first kappa shape index (κ1) is 17.8. The molecule has 29 heavy (non-hydrogen) atoms. The molecule has 1 fully saturated rings. The van der Waals surface area contributed by atoms with Crippen LogP contribution in [0.5, 0.6) is 0 Å². The van der Waals surface area contributed by atoms with Gasteiger partial charge in [0.05, 0.1) is 35.9 Å². The molecule has 1 saturated heterocycles. The Bertz CT molecular complexity index is 1030. The van der Waals surface area contributed by atoms with Crippen molar-refractivity contribution < 1.29 is 32.0 Å². The number of carbonyl (C=O) groups excluding carboxylic acids is 2. The van der Waals surface area contributed by atoms with Crippen LogP contribution in [-0.4, -0.2) is 42.9 Å². The second kappa shape index (κ2) is 5.88. The maximum atomic E-state index is 14.8. The number of ether oxygens (including phenoxy) is 1. The van der Waals surface area contributed by atoms with Crippen LogP contribution in [0.2, 0.25) is 0 Å². The number of nitrogens with zero attached hydrogens (tertiary/aromatic N) is 3. The van der Waals surface area contributed by atoms with Gasteiger partial charge in [-0.25, -0.2) is 18.0 Å². The molecule has 2 atom stereocenters. The zero-order valence-corrected chi connectivity index (χ0v) is 15.1. The van der Waals surface area contributed by atoms with E-state index in [0.29, 0.717) is 5.82 Å². The summed E-state index contributed by atoms with van der Waals surface area (Å²) in [6.45, 7) is 0.173. The number of cyclic esters (lactones) is 1. The molecule has 2 amide bonds. The van der Waals surface area contributed by atoms with Crippen LogP contribution in [0.3, 0.4) is 0 Å². The van der Waals surface area contributed by atoms with E-state index in [4.69, 9.17) is 9.26 Å². The van der Waals surface area contributed by atoms with E-state index < -0.39 is 53.6 Å². The fraction of sp³-hybridized carbons (Fsp3) is 0.389. The highest BCUT2D eigenvalue weighted by atomic mass is 19.3. The molecular formula is C18H15F3N4O4. The Morgan fingerprint density at radius 2 is 2.17 bits per heavy atom. The lowest BCUT2D eigenvalue weighted by Crippen LogP contribution is -2.40. The molecule has 4 heterocycles. The monoisotopic (exact) mass is 408 g/mol. The quantitative estimate of drug-likeness (QED) is 0.840. The molecule has 11 heteroatoms. The zero-order valence-electron chi connectivity index (χ0n) is 15.1. The van der Waals surface area contributed by atoms with E-state index in [1.807, 2.05) is 0 Å². The summed E-state index contributed by atoms with van der Waals surface area (Å²) in [4.78, 5) is 26.4. The molecule has 152 valence electrons. The maximum absolute atomic E-state index is 14.8. The predicted octanol–water partition coefficient (Wildman–Crippen LogP) is 2.63. The van der Waals surface area contributed by atoms with E-state index in [-0.39, 0.29) is 24.2 Å². The van der Waals surface area contributed by atoms with Gasteiger partial charge in [0.2, 0.25) is 5.91 Å². The predicted molar refractivity (Wildman–Crippen MR) is 93.6 cm³/mol. The first-order valence-corrected chi connectivity index (χ1v) is 8.92. The summed E-state index contributed by atoms with van der Waals surface area (Å²) in [5.74, 6) is -4.94. The molecule has 0 bridgehead atoms. The van der Waals surface area contributed by atoms with E-state index in [2.05, 4.69) is 10.5 Å². The van der Waals surface area contributed by atoms with Crippen LogP contribution in [0, 0.1) is 5.82 Å². The van der Waals surface area contributed by atoms with Gasteiger partial charge >= 0.3 is 6.09 Å². The minimum absolute atomic E-state index is 0.0580. The highest BCUT2D eigenvalue weighted by Crippen LogP contribution is 2.52. The molecular weight excluding hydrogens is 393 g/mol. The van der Waals surface area contributed by atoms with Crippen LogP contribution in [0.15, 0.2) is 22.9 Å². The first-order chi connectivity index (χ1) is 13.8. The normalized spacial score (nSPS) is 24.3. The molecule has 0 spiro atoms. The van der Waals surface area contributed by atoms with Gasteiger partial charge in [0, 0.05) is 19.2 Å². The molecule has 0 radical (unpaired) electrons. The zero-order chi connectivity index (χ0) is 20.5. The molecule has 2 aromatic rings. The maximum Gasteiger partial charge on any atom is 0.415 e. The highest BCUT2D eigenvalue weighted by Gasteiger charge is 2.54. The topological polar surface area (TPSA) is 87.9 Å². The van der Waals surface area contributed by atoms with Gasteiger partial charge < -0.3 is 19.5 Å². The van der Waals surface area contributed by atoms with Crippen molar-refractivity contribution in [1.82, 2.24) is 5.16 Å². The molecule has 0 unspecified atom stereocenters. The number of rotatable bonds is 3. The number of anilines is 3. The van der Waals surface area contributed by atoms with Crippen LogP contribution in [-0.2, 0) is 21.9 Å². The number of hydrogen-bond donors (Lipinski definition) is 1. The van der Waals surface area contributed by atoms with E-state index in [9.17, 15) is 22.8 Å². The van der Waals surface area contributed by atoms with E-state index in [0.717, 1.165) is 11.0 Å². The summed E-state index contributed by atoms with van der Waals surface area (Å²) in [6.07, 6.45) is -1.01. The van der Waals surface area contributed by atoms with Crippen molar-refractivity contribution in [2.24, 2.45) is 0 Å². The Balaban J connectivity index is 1.54. The summed E-state index contributed by atoms with van der Waals surface area (Å²) >= 11 is 0. The van der Waals surface area contributed by atoms with Crippen LogP contribution in [0.25, 0.3) is 0 Å². The van der Waals surface area contributed by atoms with Gasteiger partial charge in [-0.2, -0.15) is 0 Å². The molecule has 3 aliphatic heterocycles. The van der Waals surface area contributed by atoms with Crippen LogP contribution >= 0.6 is 0 Å². The number of nitrogens with one attached hydrogen (secondary N) is 1. The van der Waals surface area contributed by atoms with E-state index >= 15 is 0 Å². The van der Waals surface area contributed by atoms with Gasteiger partial charge in [-0.3, -0.25) is 9.69 Å². The van der Waals surface area contributed by atoms with Crippen molar-refractivity contribution in [3.8, 4) is 0 Å². The number of carbonyl (C=O) groups is 2. The van der Waals surface area contributed by atoms with Gasteiger partial charge in [0.1, 0.15) is 18.2 Å². The number of aromatic nitrogens is 1. The lowest BCUT2D eigenvalue weighted by atomic mass is 9.89. The molecule has 1 N–H and O–H groups in total. The molecule has 0 aliphatic carbocycles. The average Bonchev–Trinajstić information content (AvgIpc) is 3.35. The fourth-order valence-electron chi connectivity index (χ4n) is 4.29. The minimum atomic E-state index is -3.52. The summed E-state index contributed by atoms with van der Waals surface area (Å²) in [6, 6.07) is 2.02. The SMILES string of the molecule is CN1C(=O)CC(F)(F)c2c3c(cc(F)c21)N1C(=O)O[C@@H](CNc2ccon2)[C@@H]1C3. The number of amides is 2. The first-order valence-electron chi connectivity index (χ1n) is 8.92. The molecule has 3 aliphatic rings. The summed E-state index contributed by atoms with van der Waals surface area (Å²) in [7, 11) is 1.26. The van der Waals surface area contributed by atoms with Crippen LogP contribution < -0.4 is 15.1 Å². The van der Waals surface area contributed by atoms with Crippen molar-refractivity contribution in [1.29, 1.82) is 0 Å². The van der Waals surface area contributed by atoms with Crippen molar-refractivity contribution in [2.45, 2.75) is 30.9 Å². The highest BCUT2D eigenvalue weighted by molar-refractivity contribution is 6.00. The Labute approximate surface area is 162 Å². The van der Waals surface area contributed by atoms with E-state index in [1.54, 1.807) is 6.07 Å². The lowest BCUT2D eigenvalue weighted by molar-refractivity contribution is -0.127. The van der Waals surface area contributed by atoms with Gasteiger partial charge in [-0.15, -0.1) is 0 Å². The molecule has 8 nitrogen and oxygen atoms in total. The second-order valence-corrected chi connectivity index (χ2v) is 7.24. The van der Waals surface area contributed by atoms with Gasteiger partial charge in [-0.1, -0.05) is 5.16 Å². The standard InChI is InChI=1S/C18H15F3N4O4/c1-24-14(26)6-18(20,21)15-8-4-11-12(7-22-13-2-3-28-23-13)29-17(27)25(11)10(8)5-9(19)16(15)24/h2-3,5,11-12H,4,6-7H2,1H3,(H,22,23)/t11-,12-/m0/s1. The van der Waals surface area contributed by atoms with Crippen LogP contribution in [0.4, 0.5) is 35.2 Å². The fourth-order valence-corrected chi connectivity index (χ4v) is 4.29. The summed E-state index contributed by atoms with van der Waals surface area (Å²) < 4.78 is 54.4. The van der Waals surface area contributed by atoms with Gasteiger partial charge in [0.25, 0.3) is 5.92 Å². The Hall–Kier alpha value is -3.24. The molecule has 5 rings (SSSR count). The Morgan fingerprint density at radius 1 is 1.38 bits per heavy atom. The Morgan fingerprint density at radius 3 is 2.90 bits per heavy atom. The van der Waals surface area contributed by atoms with Crippen molar-refractivity contribution in [2.75, 3.05) is 28.7 Å². The Kier molecular flexibility index (Phi) is 3.61. The van der Waals surface area contributed by atoms with Gasteiger partial charge in [0.15, 0.2) is 5.82 Å².